The third kappa shape index (κ3) is 3.24. The van der Waals surface area contributed by atoms with Crippen molar-refractivity contribution < 1.29 is 14.6 Å². The highest BCUT2D eigenvalue weighted by atomic mass is 16.5. The summed E-state index contributed by atoms with van der Waals surface area (Å²) >= 11 is 0. The Bertz CT molecular complexity index is 450. The molecule has 0 amide bonds. The molecule has 0 spiro atoms. The zero-order valence-electron chi connectivity index (χ0n) is 10.5. The van der Waals surface area contributed by atoms with Crippen LogP contribution in [0.2, 0.25) is 0 Å². The summed E-state index contributed by atoms with van der Waals surface area (Å²) in [7, 11) is 5.45. The van der Waals surface area contributed by atoms with Crippen LogP contribution in [-0.2, 0) is 4.79 Å². The van der Waals surface area contributed by atoms with Gasteiger partial charge in [0.15, 0.2) is 0 Å². The predicted molar refractivity (Wildman–Crippen MR) is 68.6 cm³/mol. The first-order valence-electron chi connectivity index (χ1n) is 5.22. The number of hydrogen-bond acceptors (Lipinski definition) is 3. The van der Waals surface area contributed by atoms with Gasteiger partial charge in [0.2, 0.25) is 0 Å². The predicted octanol–water partition coefficient (Wildman–Crippen LogP) is 2.25. The first-order chi connectivity index (χ1) is 7.95. The fraction of sp³-hybridized carbons (Fsp3) is 0.308. The van der Waals surface area contributed by atoms with Crippen molar-refractivity contribution in [2.24, 2.45) is 0 Å². The molecule has 0 fully saturated rings. The van der Waals surface area contributed by atoms with Gasteiger partial charge >= 0.3 is 5.97 Å². The minimum atomic E-state index is -0.927. The van der Waals surface area contributed by atoms with Crippen molar-refractivity contribution in [3.8, 4) is 5.75 Å². The van der Waals surface area contributed by atoms with Crippen LogP contribution in [-0.4, -0.2) is 32.3 Å². The molecule has 0 aliphatic rings. The number of rotatable bonds is 4. The van der Waals surface area contributed by atoms with Gasteiger partial charge in [0.05, 0.1) is 7.11 Å². The van der Waals surface area contributed by atoms with E-state index in [0.29, 0.717) is 5.75 Å². The van der Waals surface area contributed by atoms with Gasteiger partial charge in [0, 0.05) is 37.0 Å². The number of methoxy groups -OCH3 is 1. The van der Waals surface area contributed by atoms with Gasteiger partial charge in [-0.15, -0.1) is 0 Å². The largest absolute Gasteiger partial charge is 0.496 e. The topological polar surface area (TPSA) is 49.8 Å². The average Bonchev–Trinajstić information content (AvgIpc) is 2.28. The SMILES string of the molecule is COc1cc(N(C)C)ccc1/C=C(\C)C(=O)O. The van der Waals surface area contributed by atoms with Crippen molar-refractivity contribution in [3.05, 3.63) is 29.3 Å². The molecule has 0 saturated carbocycles. The minimum absolute atomic E-state index is 0.279. The number of nitrogens with zero attached hydrogens (tertiary/aromatic N) is 1. The summed E-state index contributed by atoms with van der Waals surface area (Å²) in [6.07, 6.45) is 1.60. The number of carboxylic acids is 1. The number of hydrogen-bond donors (Lipinski definition) is 1. The van der Waals surface area contributed by atoms with Gasteiger partial charge in [-0.05, 0) is 25.1 Å². The van der Waals surface area contributed by atoms with Gasteiger partial charge in [0.1, 0.15) is 5.75 Å². The Morgan fingerprint density at radius 2 is 2.06 bits per heavy atom. The molecular weight excluding hydrogens is 218 g/mol. The zero-order chi connectivity index (χ0) is 13.0. The highest BCUT2D eigenvalue weighted by Crippen LogP contribution is 2.26. The first kappa shape index (κ1) is 13.1. The van der Waals surface area contributed by atoms with Gasteiger partial charge in [-0.3, -0.25) is 0 Å². The summed E-state index contributed by atoms with van der Waals surface area (Å²) in [5.74, 6) is -0.263. The van der Waals surface area contributed by atoms with Crippen LogP contribution in [0.15, 0.2) is 23.8 Å². The summed E-state index contributed by atoms with van der Waals surface area (Å²) in [5, 5.41) is 8.83. The number of anilines is 1. The molecule has 1 N–H and O–H groups in total. The van der Waals surface area contributed by atoms with Gasteiger partial charge < -0.3 is 14.7 Å². The second-order valence-electron chi connectivity index (χ2n) is 3.95. The maximum atomic E-state index is 10.8. The van der Waals surface area contributed by atoms with E-state index >= 15 is 0 Å². The highest BCUT2D eigenvalue weighted by Gasteiger charge is 2.06. The maximum absolute atomic E-state index is 10.8. The standard InChI is InChI=1S/C13H17NO3/c1-9(13(15)16)7-10-5-6-11(14(2)3)8-12(10)17-4/h5-8H,1-4H3,(H,15,16)/b9-7+. The van der Waals surface area contributed by atoms with E-state index in [-0.39, 0.29) is 5.57 Å². The third-order valence-electron chi connectivity index (χ3n) is 2.44. The van der Waals surface area contributed by atoms with E-state index in [2.05, 4.69) is 0 Å². The van der Waals surface area contributed by atoms with E-state index in [1.54, 1.807) is 20.1 Å². The van der Waals surface area contributed by atoms with Crippen molar-refractivity contribution in [2.75, 3.05) is 26.1 Å². The average molecular weight is 235 g/mol. The van der Waals surface area contributed by atoms with Crippen LogP contribution in [0, 0.1) is 0 Å². The monoisotopic (exact) mass is 235 g/mol. The Balaban J connectivity index is 3.18. The summed E-state index contributed by atoms with van der Waals surface area (Å²) in [4.78, 5) is 12.7. The number of carbonyl (C=O) groups is 1. The van der Waals surface area contributed by atoms with Crippen molar-refractivity contribution >= 4 is 17.7 Å². The van der Waals surface area contributed by atoms with Crippen LogP contribution in [0.1, 0.15) is 12.5 Å². The third-order valence-corrected chi connectivity index (χ3v) is 2.44. The van der Waals surface area contributed by atoms with E-state index in [1.807, 2.05) is 37.2 Å². The molecule has 4 heteroatoms. The molecule has 1 aromatic carbocycles. The molecule has 0 aromatic heterocycles. The molecule has 0 aliphatic heterocycles. The van der Waals surface area contributed by atoms with E-state index in [0.717, 1.165) is 11.3 Å². The summed E-state index contributed by atoms with van der Waals surface area (Å²) < 4.78 is 5.25. The first-order valence-corrected chi connectivity index (χ1v) is 5.22. The smallest absolute Gasteiger partial charge is 0.331 e. The Hall–Kier alpha value is -1.97. The summed E-state index contributed by atoms with van der Waals surface area (Å²) in [6, 6.07) is 5.64. The molecule has 0 unspecified atom stereocenters. The fourth-order valence-corrected chi connectivity index (χ4v) is 1.39. The molecule has 0 heterocycles. The van der Waals surface area contributed by atoms with Crippen LogP contribution in [0.3, 0.4) is 0 Å². The van der Waals surface area contributed by atoms with Gasteiger partial charge in [-0.25, -0.2) is 4.79 Å². The Labute approximate surface area is 101 Å². The van der Waals surface area contributed by atoms with E-state index in [1.165, 1.54) is 0 Å². The second-order valence-corrected chi connectivity index (χ2v) is 3.95. The van der Waals surface area contributed by atoms with E-state index < -0.39 is 5.97 Å². The van der Waals surface area contributed by atoms with Gasteiger partial charge in [-0.2, -0.15) is 0 Å². The van der Waals surface area contributed by atoms with Crippen molar-refractivity contribution in [3.63, 3.8) is 0 Å². The molecule has 0 radical (unpaired) electrons. The normalized spacial score (nSPS) is 11.2. The lowest BCUT2D eigenvalue weighted by Gasteiger charge is -2.15. The van der Waals surface area contributed by atoms with Crippen LogP contribution >= 0.6 is 0 Å². The molecule has 1 rings (SSSR count). The molecule has 1 aromatic rings. The van der Waals surface area contributed by atoms with E-state index in [4.69, 9.17) is 9.84 Å². The Morgan fingerprint density at radius 3 is 2.53 bits per heavy atom. The van der Waals surface area contributed by atoms with Crippen LogP contribution in [0.4, 0.5) is 5.69 Å². The van der Waals surface area contributed by atoms with Crippen LogP contribution < -0.4 is 9.64 Å². The van der Waals surface area contributed by atoms with Crippen molar-refractivity contribution in [2.45, 2.75) is 6.92 Å². The molecule has 0 aliphatic carbocycles. The zero-order valence-corrected chi connectivity index (χ0v) is 10.5. The number of benzene rings is 1. The molecular formula is C13H17NO3. The van der Waals surface area contributed by atoms with Crippen molar-refractivity contribution in [1.29, 1.82) is 0 Å². The fourth-order valence-electron chi connectivity index (χ4n) is 1.39. The lowest BCUT2D eigenvalue weighted by molar-refractivity contribution is -0.132. The number of aliphatic carboxylic acids is 1. The lowest BCUT2D eigenvalue weighted by atomic mass is 10.1. The molecule has 0 saturated heterocycles. The molecule has 92 valence electrons. The Kier molecular flexibility index (Phi) is 4.15. The molecule has 0 atom stereocenters. The molecule has 0 bridgehead atoms. The number of ether oxygens (including phenoxy) is 1. The van der Waals surface area contributed by atoms with Gasteiger partial charge in [0.25, 0.3) is 0 Å². The Morgan fingerprint density at radius 1 is 1.41 bits per heavy atom. The van der Waals surface area contributed by atoms with E-state index in [9.17, 15) is 4.79 Å². The highest BCUT2D eigenvalue weighted by molar-refractivity contribution is 5.92. The van der Waals surface area contributed by atoms with Crippen LogP contribution in [0.25, 0.3) is 6.08 Å². The molecule has 17 heavy (non-hydrogen) atoms. The summed E-state index contributed by atoms with van der Waals surface area (Å²) in [5.41, 5.74) is 2.05. The molecule has 4 nitrogen and oxygen atoms in total. The second kappa shape index (κ2) is 5.39. The minimum Gasteiger partial charge on any atom is -0.496 e. The van der Waals surface area contributed by atoms with Crippen LogP contribution in [0.5, 0.6) is 5.75 Å². The summed E-state index contributed by atoms with van der Waals surface area (Å²) in [6.45, 7) is 1.56. The number of carboxylic acid groups (broad SMARTS) is 1. The lowest BCUT2D eigenvalue weighted by Crippen LogP contribution is -2.08. The van der Waals surface area contributed by atoms with Gasteiger partial charge in [-0.1, -0.05) is 0 Å². The maximum Gasteiger partial charge on any atom is 0.331 e. The quantitative estimate of drug-likeness (QED) is 0.813. The van der Waals surface area contributed by atoms with Crippen molar-refractivity contribution in [1.82, 2.24) is 0 Å².